The van der Waals surface area contributed by atoms with Crippen LogP contribution in [0.25, 0.3) is 11.1 Å². The molecule has 2 aliphatic rings. The maximum Gasteiger partial charge on any atom is 0.115 e. The summed E-state index contributed by atoms with van der Waals surface area (Å²) < 4.78 is 0. The van der Waals surface area contributed by atoms with Crippen molar-refractivity contribution in [3.8, 4) is 11.1 Å². The van der Waals surface area contributed by atoms with Crippen LogP contribution >= 0.6 is 0 Å². The van der Waals surface area contributed by atoms with Gasteiger partial charge in [0.1, 0.15) is 6.33 Å². The first-order valence-corrected chi connectivity index (χ1v) is 7.38. The second kappa shape index (κ2) is 4.65. The molecular weight excluding hydrogens is 260 g/mol. The Morgan fingerprint density at radius 1 is 1.19 bits per heavy atom. The molecule has 0 amide bonds. The maximum absolute atomic E-state index is 4.79. The van der Waals surface area contributed by atoms with Gasteiger partial charge < -0.3 is 4.90 Å². The van der Waals surface area contributed by atoms with Crippen molar-refractivity contribution in [3.63, 3.8) is 0 Å². The van der Waals surface area contributed by atoms with Crippen LogP contribution in [-0.4, -0.2) is 40.3 Å². The van der Waals surface area contributed by atoms with Gasteiger partial charge in [-0.15, -0.1) is 0 Å². The highest BCUT2D eigenvalue weighted by Gasteiger charge is 2.38. The van der Waals surface area contributed by atoms with E-state index in [-0.39, 0.29) is 5.54 Å². The van der Waals surface area contributed by atoms with Gasteiger partial charge in [-0.05, 0) is 36.0 Å². The molecule has 1 aromatic heterocycles. The van der Waals surface area contributed by atoms with Gasteiger partial charge in [-0.25, -0.2) is 9.97 Å². The molecule has 2 heterocycles. The van der Waals surface area contributed by atoms with Crippen LogP contribution in [0.2, 0.25) is 0 Å². The summed E-state index contributed by atoms with van der Waals surface area (Å²) in [6, 6.07) is 6.57. The van der Waals surface area contributed by atoms with Crippen molar-refractivity contribution in [2.75, 3.05) is 13.6 Å². The Morgan fingerprint density at radius 3 is 2.81 bits per heavy atom. The van der Waals surface area contributed by atoms with Crippen molar-refractivity contribution in [3.05, 3.63) is 48.0 Å². The Balaban J connectivity index is 1.74. The summed E-state index contributed by atoms with van der Waals surface area (Å²) in [5.74, 6) is 0. The van der Waals surface area contributed by atoms with E-state index < -0.39 is 0 Å². The normalized spacial score (nSPS) is 23.6. The molecule has 4 heteroatoms. The zero-order chi connectivity index (χ0) is 14.3. The molecule has 0 N–H and O–H groups in total. The summed E-state index contributed by atoms with van der Waals surface area (Å²) >= 11 is 0. The molecule has 0 saturated heterocycles. The van der Waals surface area contributed by atoms with Crippen LogP contribution in [0.5, 0.6) is 0 Å². The Labute approximate surface area is 124 Å². The van der Waals surface area contributed by atoms with Crippen LogP contribution in [0.4, 0.5) is 0 Å². The highest BCUT2D eigenvalue weighted by Crippen LogP contribution is 2.38. The summed E-state index contributed by atoms with van der Waals surface area (Å²) in [5.41, 5.74) is 5.35. The summed E-state index contributed by atoms with van der Waals surface area (Å²) in [4.78, 5) is 15.3. The molecule has 0 fully saturated rings. The van der Waals surface area contributed by atoms with E-state index >= 15 is 0 Å². The van der Waals surface area contributed by atoms with Crippen molar-refractivity contribution in [2.24, 2.45) is 4.99 Å². The first kappa shape index (κ1) is 12.5. The number of nitrogens with zero attached hydrogens (tertiary/aromatic N) is 4. The van der Waals surface area contributed by atoms with Gasteiger partial charge in [-0.2, -0.15) is 0 Å². The molecule has 0 radical (unpaired) electrons. The molecule has 1 aliphatic carbocycles. The van der Waals surface area contributed by atoms with Gasteiger partial charge in [-0.3, -0.25) is 4.99 Å². The van der Waals surface area contributed by atoms with E-state index in [2.05, 4.69) is 40.1 Å². The molecule has 1 aromatic carbocycles. The van der Waals surface area contributed by atoms with E-state index in [1.165, 1.54) is 16.7 Å². The molecule has 0 bridgehead atoms. The van der Waals surface area contributed by atoms with Crippen LogP contribution < -0.4 is 0 Å². The van der Waals surface area contributed by atoms with Crippen LogP contribution in [0, 0.1) is 0 Å². The molecule has 1 atom stereocenters. The van der Waals surface area contributed by atoms with Crippen molar-refractivity contribution in [1.29, 1.82) is 0 Å². The molecule has 21 heavy (non-hydrogen) atoms. The maximum atomic E-state index is 4.79. The molecule has 1 aliphatic heterocycles. The predicted octanol–water partition coefficient (Wildman–Crippen LogP) is 2.34. The number of likely N-dealkylation sites (N-methyl/N-ethyl adjacent to an activating group) is 1. The molecule has 2 aromatic rings. The number of rotatable bonds is 1. The van der Waals surface area contributed by atoms with Gasteiger partial charge in [0, 0.05) is 31.5 Å². The number of hydrogen-bond acceptors (Lipinski definition) is 4. The van der Waals surface area contributed by atoms with Gasteiger partial charge >= 0.3 is 0 Å². The fourth-order valence-electron chi connectivity index (χ4n) is 3.62. The predicted molar refractivity (Wildman–Crippen MR) is 83.3 cm³/mol. The summed E-state index contributed by atoms with van der Waals surface area (Å²) in [6.07, 6.45) is 10.6. The summed E-state index contributed by atoms with van der Waals surface area (Å²) in [7, 11) is 2.10. The number of hydrogen-bond donors (Lipinski definition) is 0. The van der Waals surface area contributed by atoms with E-state index in [1.807, 2.05) is 18.7 Å². The average Bonchev–Trinajstić information content (AvgIpc) is 2.88. The lowest BCUT2D eigenvalue weighted by molar-refractivity contribution is 0.336. The smallest absolute Gasteiger partial charge is 0.115 e. The highest BCUT2D eigenvalue weighted by atomic mass is 15.2. The average molecular weight is 278 g/mol. The number of benzene rings is 1. The van der Waals surface area contributed by atoms with Crippen molar-refractivity contribution < 1.29 is 0 Å². The quantitative estimate of drug-likeness (QED) is 0.804. The van der Waals surface area contributed by atoms with Crippen LogP contribution in [-0.2, 0) is 12.8 Å². The first-order chi connectivity index (χ1) is 10.3. The summed E-state index contributed by atoms with van der Waals surface area (Å²) in [5, 5.41) is 0. The monoisotopic (exact) mass is 278 g/mol. The minimum atomic E-state index is 0.0908. The van der Waals surface area contributed by atoms with Gasteiger partial charge in [0.15, 0.2) is 0 Å². The van der Waals surface area contributed by atoms with Gasteiger partial charge in [0.2, 0.25) is 0 Å². The lowest BCUT2D eigenvalue weighted by Gasteiger charge is -2.33. The van der Waals surface area contributed by atoms with Gasteiger partial charge in [0.05, 0.1) is 11.9 Å². The Bertz CT molecular complexity index is 695. The van der Waals surface area contributed by atoms with E-state index in [9.17, 15) is 0 Å². The second-order valence-electron chi connectivity index (χ2n) is 6.13. The van der Waals surface area contributed by atoms with Crippen LogP contribution in [0.15, 0.2) is 41.9 Å². The SMILES string of the molecule is CN1C=N[C@@]2(CCc3c(cccc3-c3cncnc3)C2)C1. The molecule has 0 saturated carbocycles. The fraction of sp³-hybridized carbons (Fsp3) is 0.353. The van der Waals surface area contributed by atoms with E-state index in [1.54, 1.807) is 6.33 Å². The van der Waals surface area contributed by atoms with Gasteiger partial charge in [0.25, 0.3) is 0 Å². The molecule has 1 spiro atoms. The number of aromatic nitrogens is 2. The van der Waals surface area contributed by atoms with E-state index in [0.29, 0.717) is 0 Å². The zero-order valence-corrected chi connectivity index (χ0v) is 12.2. The molecule has 4 nitrogen and oxygen atoms in total. The zero-order valence-electron chi connectivity index (χ0n) is 12.2. The number of fused-ring (bicyclic) bond motifs is 1. The second-order valence-corrected chi connectivity index (χ2v) is 6.13. The minimum Gasteiger partial charge on any atom is -0.364 e. The Hall–Kier alpha value is -2.23. The van der Waals surface area contributed by atoms with Crippen molar-refractivity contribution in [2.45, 2.75) is 24.8 Å². The largest absolute Gasteiger partial charge is 0.364 e. The van der Waals surface area contributed by atoms with Crippen molar-refractivity contribution in [1.82, 2.24) is 14.9 Å². The van der Waals surface area contributed by atoms with Crippen LogP contribution in [0.1, 0.15) is 17.5 Å². The third-order valence-electron chi connectivity index (χ3n) is 4.58. The third kappa shape index (κ3) is 2.11. The molecule has 106 valence electrons. The van der Waals surface area contributed by atoms with Crippen molar-refractivity contribution >= 4 is 6.34 Å². The Morgan fingerprint density at radius 2 is 2.05 bits per heavy atom. The lowest BCUT2D eigenvalue weighted by atomic mass is 9.76. The molecular formula is C17H18N4. The molecule has 0 unspecified atom stereocenters. The Kier molecular flexibility index (Phi) is 2.77. The first-order valence-electron chi connectivity index (χ1n) is 7.38. The minimum absolute atomic E-state index is 0.0908. The van der Waals surface area contributed by atoms with E-state index in [0.717, 1.165) is 31.4 Å². The highest BCUT2D eigenvalue weighted by molar-refractivity contribution is 5.68. The van der Waals surface area contributed by atoms with E-state index in [4.69, 9.17) is 4.99 Å². The molecule has 4 rings (SSSR count). The summed E-state index contributed by atoms with van der Waals surface area (Å²) in [6.45, 7) is 1.03. The van der Waals surface area contributed by atoms with Gasteiger partial charge in [-0.1, -0.05) is 18.2 Å². The third-order valence-corrected chi connectivity index (χ3v) is 4.58. The standard InChI is InChI=1S/C17H18N4/c1-21-10-17(20-12-21)6-5-16-13(7-17)3-2-4-15(16)14-8-18-11-19-9-14/h2-4,8-9,11-12H,5-7,10H2,1H3/t17-/m1/s1. The number of aliphatic imine (C=N–C) groups is 1. The topological polar surface area (TPSA) is 41.4 Å². The fourth-order valence-corrected chi connectivity index (χ4v) is 3.62. The van der Waals surface area contributed by atoms with Crippen LogP contribution in [0.3, 0.4) is 0 Å². The lowest BCUT2D eigenvalue weighted by Crippen LogP contribution is -2.38.